The second kappa shape index (κ2) is 7.00. The van der Waals surface area contributed by atoms with Crippen LogP contribution in [0.25, 0.3) is 0 Å². The highest BCUT2D eigenvalue weighted by atomic mass is 32.2. The van der Waals surface area contributed by atoms with Crippen molar-refractivity contribution >= 4 is 25.9 Å². The smallest absolute Gasteiger partial charge is 0.265 e. The predicted molar refractivity (Wildman–Crippen MR) is 88.9 cm³/mol. The maximum atomic E-state index is 11.8. The first-order chi connectivity index (χ1) is 11.5. The van der Waals surface area contributed by atoms with E-state index in [0.717, 1.165) is 12.5 Å². The lowest BCUT2D eigenvalue weighted by atomic mass is 9.90. The van der Waals surface area contributed by atoms with Crippen molar-refractivity contribution in [3.05, 3.63) is 35.9 Å². The van der Waals surface area contributed by atoms with Crippen LogP contribution in [-0.4, -0.2) is 60.2 Å². The molecule has 0 bridgehead atoms. The minimum Gasteiger partial charge on any atom is -0.360 e. The highest BCUT2D eigenvalue weighted by molar-refractivity contribution is 7.86. The third-order valence-corrected chi connectivity index (χ3v) is 4.57. The number of hydrogen-bond acceptors (Lipinski definition) is 9. The molecule has 1 heterocycles. The van der Waals surface area contributed by atoms with Crippen molar-refractivity contribution in [2.24, 2.45) is 5.16 Å². The summed E-state index contributed by atoms with van der Waals surface area (Å²) in [6.07, 6.45) is -1.07. The average Bonchev–Trinajstić information content (AvgIpc) is 2.47. The van der Waals surface area contributed by atoms with E-state index in [1.54, 1.807) is 30.3 Å². The van der Waals surface area contributed by atoms with Gasteiger partial charge in [0.2, 0.25) is 0 Å². The second-order valence-corrected chi connectivity index (χ2v) is 8.84. The Labute approximate surface area is 146 Å². The van der Waals surface area contributed by atoms with Crippen LogP contribution in [0.15, 0.2) is 35.5 Å². The van der Waals surface area contributed by atoms with Gasteiger partial charge in [-0.05, 0) is 6.92 Å². The van der Waals surface area contributed by atoms with Gasteiger partial charge >= 0.3 is 0 Å². The Morgan fingerprint density at radius 2 is 1.68 bits per heavy atom. The van der Waals surface area contributed by atoms with Gasteiger partial charge in [0.15, 0.2) is 11.7 Å². The highest BCUT2D eigenvalue weighted by Crippen LogP contribution is 2.35. The summed E-state index contributed by atoms with van der Waals surface area (Å²) in [7, 11) is -6.75. The predicted octanol–water partition coefficient (Wildman–Crippen LogP) is 0.473. The van der Waals surface area contributed by atoms with Crippen LogP contribution in [0.5, 0.6) is 0 Å². The summed E-state index contributed by atoms with van der Waals surface area (Å²) < 4.78 is 62.4. The molecule has 0 N–H and O–H groups in total. The maximum Gasteiger partial charge on any atom is 0.265 e. The fraction of sp³-hybridized carbons (Fsp3) is 0.500. The minimum atomic E-state index is -4.01. The van der Waals surface area contributed by atoms with Gasteiger partial charge in [-0.1, -0.05) is 35.5 Å². The fourth-order valence-corrected chi connectivity index (χ4v) is 3.92. The number of oxime groups is 1. The Morgan fingerprint density at radius 3 is 2.16 bits per heavy atom. The molecule has 0 amide bonds. The molecule has 0 unspecified atom stereocenters. The summed E-state index contributed by atoms with van der Waals surface area (Å²) in [6, 6.07) is 8.45. The van der Waals surface area contributed by atoms with Crippen molar-refractivity contribution in [1.29, 1.82) is 0 Å². The molecule has 25 heavy (non-hydrogen) atoms. The summed E-state index contributed by atoms with van der Waals surface area (Å²) in [5.74, 6) is 0. The molecule has 11 heteroatoms. The maximum absolute atomic E-state index is 11.8. The number of benzene rings is 1. The number of hydrogen-bond donors (Lipinski definition) is 0. The number of ether oxygens (including phenoxy) is 1. The second-order valence-electron chi connectivity index (χ2n) is 5.67. The molecular weight excluding hydrogens is 374 g/mol. The molecule has 9 nitrogen and oxygen atoms in total. The zero-order chi connectivity index (χ0) is 18.9. The van der Waals surface area contributed by atoms with Crippen LogP contribution in [-0.2, 0) is 38.2 Å². The number of rotatable bonds is 6. The lowest BCUT2D eigenvalue weighted by Crippen LogP contribution is -2.61. The third-order valence-electron chi connectivity index (χ3n) is 3.37. The van der Waals surface area contributed by atoms with Crippen molar-refractivity contribution in [1.82, 2.24) is 0 Å². The van der Waals surface area contributed by atoms with Crippen LogP contribution < -0.4 is 0 Å². The SMILES string of the molecule is CO[C@H]1ON=C(c2ccccc2)[C@H](OS(C)(=O)=O)[C@]1(C)OS(C)(=O)=O. The molecule has 0 saturated carbocycles. The Kier molecular flexibility index (Phi) is 5.54. The van der Waals surface area contributed by atoms with Gasteiger partial charge in [0.05, 0.1) is 12.5 Å². The lowest BCUT2D eigenvalue weighted by Gasteiger charge is -2.41. The van der Waals surface area contributed by atoms with Crippen molar-refractivity contribution in [3.8, 4) is 0 Å². The quantitative estimate of drug-likeness (QED) is 0.640. The van der Waals surface area contributed by atoms with Crippen LogP contribution in [0.2, 0.25) is 0 Å². The molecule has 1 aliphatic rings. The Hall–Kier alpha value is -1.53. The molecule has 0 aromatic heterocycles. The first kappa shape index (κ1) is 19.8. The van der Waals surface area contributed by atoms with Gasteiger partial charge in [-0.25, -0.2) is 0 Å². The van der Waals surface area contributed by atoms with E-state index in [0.29, 0.717) is 5.56 Å². The van der Waals surface area contributed by atoms with Gasteiger partial charge in [0.1, 0.15) is 5.71 Å². The molecule has 1 aliphatic heterocycles. The summed E-state index contributed by atoms with van der Waals surface area (Å²) >= 11 is 0. The molecule has 3 atom stereocenters. The first-order valence-corrected chi connectivity index (χ1v) is 10.7. The summed E-state index contributed by atoms with van der Waals surface area (Å²) in [5.41, 5.74) is -1.29. The zero-order valence-corrected chi connectivity index (χ0v) is 15.7. The zero-order valence-electron chi connectivity index (χ0n) is 14.1. The Bertz CT molecular complexity index is 850. The van der Waals surface area contributed by atoms with Gasteiger partial charge in [-0.2, -0.15) is 16.8 Å². The molecule has 0 saturated heterocycles. The van der Waals surface area contributed by atoms with Crippen LogP contribution >= 0.6 is 0 Å². The van der Waals surface area contributed by atoms with Crippen LogP contribution in [0, 0.1) is 0 Å². The first-order valence-electron chi connectivity index (χ1n) is 7.07. The fourth-order valence-electron chi connectivity index (χ4n) is 2.47. The molecule has 0 spiro atoms. The van der Waals surface area contributed by atoms with Gasteiger partial charge < -0.3 is 9.57 Å². The summed E-state index contributed by atoms with van der Waals surface area (Å²) in [5, 5.41) is 3.87. The Morgan fingerprint density at radius 1 is 1.08 bits per heavy atom. The van der Waals surface area contributed by atoms with E-state index in [-0.39, 0.29) is 5.71 Å². The van der Waals surface area contributed by atoms with Crippen molar-refractivity contribution in [2.45, 2.75) is 24.9 Å². The van der Waals surface area contributed by atoms with E-state index in [9.17, 15) is 16.8 Å². The highest BCUT2D eigenvalue weighted by Gasteiger charge is 2.55. The number of nitrogens with zero attached hydrogens (tertiary/aromatic N) is 1. The Balaban J connectivity index is 2.62. The van der Waals surface area contributed by atoms with Crippen LogP contribution in [0.4, 0.5) is 0 Å². The average molecular weight is 393 g/mol. The van der Waals surface area contributed by atoms with E-state index < -0.39 is 38.2 Å². The standard InChI is InChI=1S/C14H19NO8S2/c1-14(23-25(4,18)19)12(22-24(3,16)17)11(15-21-13(14)20-2)10-8-6-5-7-9-10/h5-9,12-13H,1-4H3/t12-,13-,14-/m0/s1. The van der Waals surface area contributed by atoms with Crippen molar-refractivity contribution in [3.63, 3.8) is 0 Å². The third kappa shape index (κ3) is 4.76. The van der Waals surface area contributed by atoms with E-state index >= 15 is 0 Å². The molecule has 0 radical (unpaired) electrons. The van der Waals surface area contributed by atoms with Crippen molar-refractivity contribution < 1.29 is 34.8 Å². The van der Waals surface area contributed by atoms with E-state index in [1.807, 2.05) is 0 Å². The van der Waals surface area contributed by atoms with E-state index in [4.69, 9.17) is 17.9 Å². The topological polar surface area (TPSA) is 118 Å². The van der Waals surface area contributed by atoms with Gasteiger partial charge in [-0.3, -0.25) is 8.37 Å². The van der Waals surface area contributed by atoms with E-state index in [1.165, 1.54) is 14.0 Å². The monoisotopic (exact) mass is 393 g/mol. The normalized spacial score (nSPS) is 27.4. The minimum absolute atomic E-state index is 0.0606. The van der Waals surface area contributed by atoms with Crippen molar-refractivity contribution in [2.75, 3.05) is 19.6 Å². The van der Waals surface area contributed by atoms with Gasteiger partial charge in [0.25, 0.3) is 26.5 Å². The molecule has 0 aliphatic carbocycles. The summed E-state index contributed by atoms with van der Waals surface area (Å²) in [6.45, 7) is 1.32. The molecule has 140 valence electrons. The van der Waals surface area contributed by atoms with Gasteiger partial charge in [-0.15, -0.1) is 0 Å². The molecule has 0 fully saturated rings. The molecular formula is C14H19NO8S2. The largest absolute Gasteiger partial charge is 0.360 e. The van der Waals surface area contributed by atoms with Crippen LogP contribution in [0.1, 0.15) is 12.5 Å². The van der Waals surface area contributed by atoms with E-state index in [2.05, 4.69) is 5.16 Å². The lowest BCUT2D eigenvalue weighted by molar-refractivity contribution is -0.235. The van der Waals surface area contributed by atoms with Gasteiger partial charge in [0, 0.05) is 12.7 Å². The molecule has 1 aromatic rings. The van der Waals surface area contributed by atoms with Crippen LogP contribution in [0.3, 0.4) is 0 Å². The molecule has 1 aromatic carbocycles. The summed E-state index contributed by atoms with van der Waals surface area (Å²) in [4.78, 5) is 5.20. The number of methoxy groups -OCH3 is 1. The molecule has 2 rings (SSSR count).